The number of rotatable bonds is 2. The van der Waals surface area contributed by atoms with E-state index in [2.05, 4.69) is 47.8 Å². The van der Waals surface area contributed by atoms with Gasteiger partial charge in [0.25, 0.3) is 0 Å². The number of halogens is 4. The van der Waals surface area contributed by atoms with E-state index < -0.39 is 0 Å². The van der Waals surface area contributed by atoms with Crippen LogP contribution in [0.4, 0.5) is 0 Å². The average Bonchev–Trinajstić information content (AvgIpc) is 2.13. The molecule has 0 saturated heterocycles. The molecular formula is C8H4Br3ClO. The van der Waals surface area contributed by atoms with Gasteiger partial charge in [-0.05, 0) is 59.9 Å². The molecule has 5 heteroatoms. The second kappa shape index (κ2) is 4.91. The summed E-state index contributed by atoms with van der Waals surface area (Å²) in [6.07, 6.45) is 0. The minimum atomic E-state index is -0.0956. The Labute approximate surface area is 106 Å². The molecule has 1 rings (SSSR count). The van der Waals surface area contributed by atoms with Crippen LogP contribution in [0.15, 0.2) is 25.6 Å². The Balaban J connectivity index is 3.26. The number of ketones is 1. The van der Waals surface area contributed by atoms with Gasteiger partial charge in [-0.2, -0.15) is 0 Å². The van der Waals surface area contributed by atoms with Crippen molar-refractivity contribution in [2.75, 3.05) is 5.88 Å². The Morgan fingerprint density at radius 3 is 2.38 bits per heavy atom. The van der Waals surface area contributed by atoms with Crippen LogP contribution < -0.4 is 0 Å². The van der Waals surface area contributed by atoms with Crippen LogP contribution in [0.25, 0.3) is 0 Å². The smallest absolute Gasteiger partial charge is 0.178 e. The molecule has 0 N–H and O–H groups in total. The number of Topliss-reactive ketones (excluding diaryl/α,β-unsaturated/α-hetero) is 1. The second-order valence-corrected chi connectivity index (χ2v) is 4.99. The van der Waals surface area contributed by atoms with Gasteiger partial charge < -0.3 is 0 Å². The maximum absolute atomic E-state index is 11.3. The number of benzene rings is 1. The number of carbonyl (C=O) groups is 1. The molecule has 0 radical (unpaired) electrons. The van der Waals surface area contributed by atoms with Crippen molar-refractivity contribution in [3.05, 3.63) is 31.1 Å². The zero-order valence-corrected chi connectivity index (χ0v) is 11.8. The molecule has 1 nitrogen and oxygen atoms in total. The van der Waals surface area contributed by atoms with Crippen molar-refractivity contribution < 1.29 is 4.79 Å². The summed E-state index contributed by atoms with van der Waals surface area (Å²) in [5.41, 5.74) is 0.588. The van der Waals surface area contributed by atoms with Crippen molar-refractivity contribution in [1.82, 2.24) is 0 Å². The Bertz CT molecular complexity index is 351. The zero-order chi connectivity index (χ0) is 10.0. The second-order valence-electron chi connectivity index (χ2n) is 2.28. The third-order valence-corrected chi connectivity index (χ3v) is 5.07. The number of carbonyl (C=O) groups excluding carboxylic acids is 1. The third kappa shape index (κ3) is 2.55. The van der Waals surface area contributed by atoms with Crippen molar-refractivity contribution in [3.63, 3.8) is 0 Å². The number of hydrogen-bond acceptors (Lipinski definition) is 1. The molecular weight excluding hydrogens is 387 g/mol. The van der Waals surface area contributed by atoms with Crippen LogP contribution in [-0.2, 0) is 0 Å². The highest BCUT2D eigenvalue weighted by molar-refractivity contribution is 9.14. The SMILES string of the molecule is O=C(CCl)c1ccc(Br)c(Br)c1Br. The zero-order valence-electron chi connectivity index (χ0n) is 6.28. The highest BCUT2D eigenvalue weighted by Gasteiger charge is 2.12. The summed E-state index contributed by atoms with van der Waals surface area (Å²) in [4.78, 5) is 11.3. The van der Waals surface area contributed by atoms with Gasteiger partial charge in [-0.1, -0.05) is 0 Å². The van der Waals surface area contributed by atoms with Crippen molar-refractivity contribution >= 4 is 65.2 Å². The van der Waals surface area contributed by atoms with E-state index >= 15 is 0 Å². The maximum atomic E-state index is 11.3. The first-order valence-electron chi connectivity index (χ1n) is 3.30. The molecule has 0 saturated carbocycles. The maximum Gasteiger partial charge on any atom is 0.178 e. The minimum Gasteiger partial charge on any atom is -0.293 e. The van der Waals surface area contributed by atoms with Crippen LogP contribution in [0.2, 0.25) is 0 Å². The summed E-state index contributed by atoms with van der Waals surface area (Å²) in [5, 5.41) is 0. The monoisotopic (exact) mass is 388 g/mol. The minimum absolute atomic E-state index is 0.00727. The van der Waals surface area contributed by atoms with Gasteiger partial charge in [0, 0.05) is 19.0 Å². The van der Waals surface area contributed by atoms with Crippen molar-refractivity contribution in [2.45, 2.75) is 0 Å². The molecule has 0 aliphatic rings. The van der Waals surface area contributed by atoms with Crippen LogP contribution in [0, 0.1) is 0 Å². The van der Waals surface area contributed by atoms with Gasteiger partial charge in [-0.3, -0.25) is 4.79 Å². The molecule has 0 heterocycles. The van der Waals surface area contributed by atoms with Crippen LogP contribution in [0.3, 0.4) is 0 Å². The highest BCUT2D eigenvalue weighted by atomic mass is 79.9. The number of alkyl halides is 1. The fourth-order valence-corrected chi connectivity index (χ4v) is 2.47. The molecule has 0 unspecified atom stereocenters. The van der Waals surface area contributed by atoms with Crippen LogP contribution >= 0.6 is 59.4 Å². The molecule has 13 heavy (non-hydrogen) atoms. The van der Waals surface area contributed by atoms with Gasteiger partial charge in [0.15, 0.2) is 5.78 Å². The van der Waals surface area contributed by atoms with Crippen LogP contribution in [0.1, 0.15) is 10.4 Å². The lowest BCUT2D eigenvalue weighted by molar-refractivity contribution is 0.102. The van der Waals surface area contributed by atoms with E-state index in [1.54, 1.807) is 12.1 Å². The first-order valence-corrected chi connectivity index (χ1v) is 6.22. The van der Waals surface area contributed by atoms with Gasteiger partial charge in [-0.15, -0.1) is 11.6 Å². The van der Waals surface area contributed by atoms with Crippen molar-refractivity contribution in [1.29, 1.82) is 0 Å². The van der Waals surface area contributed by atoms with Gasteiger partial charge in [0.1, 0.15) is 0 Å². The predicted octanol–water partition coefficient (Wildman–Crippen LogP) is 4.40. The molecule has 0 spiro atoms. The van der Waals surface area contributed by atoms with Crippen molar-refractivity contribution in [3.8, 4) is 0 Å². The normalized spacial score (nSPS) is 10.2. The summed E-state index contributed by atoms with van der Waals surface area (Å²) in [7, 11) is 0. The molecule has 0 aliphatic carbocycles. The summed E-state index contributed by atoms with van der Waals surface area (Å²) in [6, 6.07) is 3.53. The molecule has 0 aromatic heterocycles. The topological polar surface area (TPSA) is 17.1 Å². The van der Waals surface area contributed by atoms with E-state index in [-0.39, 0.29) is 11.7 Å². The quantitative estimate of drug-likeness (QED) is 0.415. The van der Waals surface area contributed by atoms with Crippen LogP contribution in [-0.4, -0.2) is 11.7 Å². The standard InChI is InChI=1S/C8H4Br3ClO/c9-5-2-1-4(6(13)3-12)7(10)8(5)11/h1-2H,3H2. The van der Waals surface area contributed by atoms with Gasteiger partial charge >= 0.3 is 0 Å². The lowest BCUT2D eigenvalue weighted by Crippen LogP contribution is -2.01. The fourth-order valence-electron chi connectivity index (χ4n) is 0.813. The summed E-state index contributed by atoms with van der Waals surface area (Å²) in [5.74, 6) is -0.103. The first kappa shape index (κ1) is 11.7. The fraction of sp³-hybridized carbons (Fsp3) is 0.125. The Hall–Kier alpha value is 0.620. The molecule has 0 atom stereocenters. The van der Waals surface area contributed by atoms with E-state index in [1.165, 1.54) is 0 Å². The molecule has 0 bridgehead atoms. The molecule has 1 aromatic rings. The van der Waals surface area contributed by atoms with Gasteiger partial charge in [0.2, 0.25) is 0 Å². The number of hydrogen-bond donors (Lipinski definition) is 0. The van der Waals surface area contributed by atoms with Crippen molar-refractivity contribution in [2.24, 2.45) is 0 Å². The molecule has 0 amide bonds. The largest absolute Gasteiger partial charge is 0.293 e. The molecule has 0 aliphatic heterocycles. The van der Waals surface area contributed by atoms with Gasteiger partial charge in [-0.25, -0.2) is 0 Å². The Morgan fingerprint density at radius 2 is 1.85 bits per heavy atom. The Kier molecular flexibility index (Phi) is 4.42. The first-order chi connectivity index (χ1) is 6.07. The van der Waals surface area contributed by atoms with E-state index in [4.69, 9.17) is 11.6 Å². The third-order valence-electron chi connectivity index (χ3n) is 1.46. The lowest BCUT2D eigenvalue weighted by Gasteiger charge is -2.04. The molecule has 70 valence electrons. The Morgan fingerprint density at radius 1 is 1.23 bits per heavy atom. The molecule has 1 aromatic carbocycles. The van der Waals surface area contributed by atoms with E-state index in [9.17, 15) is 4.79 Å². The van der Waals surface area contributed by atoms with Gasteiger partial charge in [0.05, 0.1) is 5.88 Å². The van der Waals surface area contributed by atoms with E-state index in [0.29, 0.717) is 5.56 Å². The van der Waals surface area contributed by atoms with E-state index in [0.717, 1.165) is 13.4 Å². The van der Waals surface area contributed by atoms with Crippen LogP contribution in [0.5, 0.6) is 0 Å². The van der Waals surface area contributed by atoms with E-state index in [1.807, 2.05) is 0 Å². The average molecular weight is 391 g/mol. The lowest BCUT2D eigenvalue weighted by atomic mass is 10.1. The summed E-state index contributed by atoms with van der Waals surface area (Å²) < 4.78 is 2.45. The molecule has 0 fully saturated rings. The highest BCUT2D eigenvalue weighted by Crippen LogP contribution is 2.33. The summed E-state index contributed by atoms with van der Waals surface area (Å²) >= 11 is 15.4. The summed E-state index contributed by atoms with van der Waals surface area (Å²) in [6.45, 7) is 0. The predicted molar refractivity (Wildman–Crippen MR) is 64.6 cm³/mol.